The summed E-state index contributed by atoms with van der Waals surface area (Å²) in [7, 11) is 0. The van der Waals surface area contributed by atoms with Crippen molar-refractivity contribution < 1.29 is 9.53 Å². The van der Waals surface area contributed by atoms with Crippen LogP contribution in [0.5, 0.6) is 5.75 Å². The first-order chi connectivity index (χ1) is 13.3. The number of nitrogens with one attached hydrogen (secondary N) is 1. The number of rotatable bonds is 10. The SMILES string of the molecule is Cc1cccc(C)c1OCc1nnc(SCC(=O)NC(C)CCC(C)C)n1N. The summed E-state index contributed by atoms with van der Waals surface area (Å²) in [6.45, 7) is 10.6. The predicted octanol–water partition coefficient (Wildman–Crippen LogP) is 3.22. The van der Waals surface area contributed by atoms with E-state index in [1.54, 1.807) is 0 Å². The molecule has 3 N–H and O–H groups in total. The highest BCUT2D eigenvalue weighted by Crippen LogP contribution is 2.23. The fourth-order valence-corrected chi connectivity index (χ4v) is 3.46. The van der Waals surface area contributed by atoms with Crippen molar-refractivity contribution in [1.29, 1.82) is 0 Å². The van der Waals surface area contributed by atoms with Gasteiger partial charge in [0.15, 0.2) is 5.82 Å². The second kappa shape index (κ2) is 10.4. The van der Waals surface area contributed by atoms with E-state index in [-0.39, 0.29) is 24.3 Å². The summed E-state index contributed by atoms with van der Waals surface area (Å²) in [6, 6.07) is 6.15. The van der Waals surface area contributed by atoms with Gasteiger partial charge in [-0.15, -0.1) is 10.2 Å². The Labute approximate surface area is 171 Å². The molecule has 154 valence electrons. The predicted molar refractivity (Wildman–Crippen MR) is 113 cm³/mol. The number of nitrogens with two attached hydrogens (primary N) is 1. The zero-order valence-corrected chi connectivity index (χ0v) is 18.2. The third-order valence-electron chi connectivity index (χ3n) is 4.41. The van der Waals surface area contributed by atoms with Gasteiger partial charge in [-0.25, -0.2) is 4.68 Å². The molecule has 28 heavy (non-hydrogen) atoms. The van der Waals surface area contributed by atoms with E-state index in [1.807, 2.05) is 39.0 Å². The van der Waals surface area contributed by atoms with E-state index in [2.05, 4.69) is 29.4 Å². The standard InChI is InChI=1S/C20H31N5O2S/c1-13(2)9-10-16(5)22-18(26)12-28-20-24-23-17(25(20)21)11-27-19-14(3)7-6-8-15(19)4/h6-8,13,16H,9-12,21H2,1-5H3,(H,22,26). The Morgan fingerprint density at radius 1 is 1.21 bits per heavy atom. The maximum atomic E-state index is 12.1. The molecule has 1 atom stereocenters. The molecule has 0 saturated heterocycles. The average Bonchev–Trinajstić information content (AvgIpc) is 2.98. The van der Waals surface area contributed by atoms with E-state index in [1.165, 1.54) is 16.4 Å². The van der Waals surface area contributed by atoms with Gasteiger partial charge in [0, 0.05) is 6.04 Å². The molecule has 0 saturated carbocycles. The number of aryl methyl sites for hydroxylation is 2. The van der Waals surface area contributed by atoms with Crippen LogP contribution < -0.4 is 15.9 Å². The van der Waals surface area contributed by atoms with Gasteiger partial charge in [0.1, 0.15) is 12.4 Å². The van der Waals surface area contributed by atoms with E-state index >= 15 is 0 Å². The van der Waals surface area contributed by atoms with Crippen LogP contribution in [0.25, 0.3) is 0 Å². The quantitative estimate of drug-likeness (QED) is 0.465. The molecule has 0 aliphatic heterocycles. The second-order valence-electron chi connectivity index (χ2n) is 7.51. The number of carbonyl (C=O) groups is 1. The third-order valence-corrected chi connectivity index (χ3v) is 5.35. The number of amides is 1. The smallest absolute Gasteiger partial charge is 0.230 e. The highest BCUT2D eigenvalue weighted by molar-refractivity contribution is 7.99. The van der Waals surface area contributed by atoms with Crippen molar-refractivity contribution in [1.82, 2.24) is 20.2 Å². The van der Waals surface area contributed by atoms with Gasteiger partial charge in [0.05, 0.1) is 5.75 Å². The Bertz CT molecular complexity index is 771. The minimum Gasteiger partial charge on any atom is -0.485 e. The Kier molecular flexibility index (Phi) is 8.17. The van der Waals surface area contributed by atoms with Crippen molar-refractivity contribution >= 4 is 17.7 Å². The maximum absolute atomic E-state index is 12.1. The van der Waals surface area contributed by atoms with Gasteiger partial charge >= 0.3 is 0 Å². The summed E-state index contributed by atoms with van der Waals surface area (Å²) in [5.41, 5.74) is 2.11. The molecule has 2 aromatic rings. The zero-order chi connectivity index (χ0) is 20.7. The van der Waals surface area contributed by atoms with Crippen LogP contribution in [0.4, 0.5) is 0 Å². The van der Waals surface area contributed by atoms with E-state index in [0.717, 1.165) is 29.7 Å². The van der Waals surface area contributed by atoms with Crippen LogP contribution in [0.15, 0.2) is 23.4 Å². The third kappa shape index (κ3) is 6.44. The van der Waals surface area contributed by atoms with Gasteiger partial charge in [0.2, 0.25) is 11.1 Å². The molecule has 1 aromatic heterocycles. The van der Waals surface area contributed by atoms with Crippen molar-refractivity contribution in [3.63, 3.8) is 0 Å². The monoisotopic (exact) mass is 405 g/mol. The Morgan fingerprint density at radius 2 is 1.89 bits per heavy atom. The minimum atomic E-state index is -0.0300. The maximum Gasteiger partial charge on any atom is 0.230 e. The normalized spacial score (nSPS) is 12.2. The first-order valence-corrected chi connectivity index (χ1v) is 10.6. The molecule has 0 aliphatic carbocycles. The number of carbonyl (C=O) groups excluding carboxylic acids is 1. The van der Waals surface area contributed by atoms with Gasteiger partial charge < -0.3 is 15.9 Å². The van der Waals surface area contributed by atoms with Gasteiger partial charge in [-0.05, 0) is 50.7 Å². The Hall–Kier alpha value is -2.22. The fourth-order valence-electron chi connectivity index (χ4n) is 2.77. The number of ether oxygens (including phenoxy) is 1. The zero-order valence-electron chi connectivity index (χ0n) is 17.4. The van der Waals surface area contributed by atoms with Crippen molar-refractivity contribution in [3.05, 3.63) is 35.2 Å². The van der Waals surface area contributed by atoms with Crippen LogP contribution in [-0.2, 0) is 11.4 Å². The van der Waals surface area contributed by atoms with Gasteiger partial charge in [-0.1, -0.05) is 43.8 Å². The Balaban J connectivity index is 1.85. The number of thioether (sulfide) groups is 1. The summed E-state index contributed by atoms with van der Waals surface area (Å²) in [5.74, 6) is 8.26. The van der Waals surface area contributed by atoms with Crippen molar-refractivity contribution in [2.75, 3.05) is 11.6 Å². The average molecular weight is 406 g/mol. The van der Waals surface area contributed by atoms with Crippen molar-refractivity contribution in [3.8, 4) is 5.75 Å². The first-order valence-electron chi connectivity index (χ1n) is 9.58. The molecule has 7 nitrogen and oxygen atoms in total. The molecule has 0 aliphatic rings. The number of hydrogen-bond acceptors (Lipinski definition) is 6. The van der Waals surface area contributed by atoms with Crippen LogP contribution in [0.1, 0.15) is 50.6 Å². The highest BCUT2D eigenvalue weighted by atomic mass is 32.2. The van der Waals surface area contributed by atoms with Crippen LogP contribution in [0, 0.1) is 19.8 Å². The van der Waals surface area contributed by atoms with Gasteiger partial charge in [-0.2, -0.15) is 0 Å². The van der Waals surface area contributed by atoms with E-state index in [0.29, 0.717) is 16.9 Å². The number of para-hydroxylation sites is 1. The van der Waals surface area contributed by atoms with E-state index in [4.69, 9.17) is 10.6 Å². The van der Waals surface area contributed by atoms with Gasteiger partial charge in [-0.3, -0.25) is 4.79 Å². The van der Waals surface area contributed by atoms with Gasteiger partial charge in [0.25, 0.3) is 0 Å². The Morgan fingerprint density at radius 3 is 2.54 bits per heavy atom. The number of benzene rings is 1. The van der Waals surface area contributed by atoms with Crippen LogP contribution >= 0.6 is 11.8 Å². The molecule has 0 spiro atoms. The summed E-state index contributed by atoms with van der Waals surface area (Å²) < 4.78 is 7.26. The molecular formula is C20H31N5O2S. The summed E-state index contributed by atoms with van der Waals surface area (Å²) >= 11 is 1.27. The topological polar surface area (TPSA) is 95.1 Å². The summed E-state index contributed by atoms with van der Waals surface area (Å²) in [6.07, 6.45) is 2.07. The summed E-state index contributed by atoms with van der Waals surface area (Å²) in [4.78, 5) is 12.1. The molecule has 1 amide bonds. The lowest BCUT2D eigenvalue weighted by Gasteiger charge is -2.14. The minimum absolute atomic E-state index is 0.0300. The van der Waals surface area contributed by atoms with E-state index < -0.39 is 0 Å². The largest absolute Gasteiger partial charge is 0.485 e. The second-order valence-corrected chi connectivity index (χ2v) is 8.45. The molecule has 0 radical (unpaired) electrons. The number of nitrogen functional groups attached to an aromatic ring is 1. The molecule has 1 aromatic carbocycles. The van der Waals surface area contributed by atoms with Crippen LogP contribution in [-0.4, -0.2) is 32.6 Å². The molecule has 1 unspecified atom stereocenters. The van der Waals surface area contributed by atoms with Crippen LogP contribution in [0.2, 0.25) is 0 Å². The summed E-state index contributed by atoms with van der Waals surface area (Å²) in [5, 5.41) is 11.7. The number of aromatic nitrogens is 3. The molecule has 0 fully saturated rings. The number of hydrogen-bond donors (Lipinski definition) is 2. The molecule has 8 heteroatoms. The van der Waals surface area contributed by atoms with Crippen molar-refractivity contribution in [2.24, 2.45) is 5.92 Å². The lowest BCUT2D eigenvalue weighted by Crippen LogP contribution is -2.34. The van der Waals surface area contributed by atoms with Crippen LogP contribution in [0.3, 0.4) is 0 Å². The lowest BCUT2D eigenvalue weighted by atomic mass is 10.0. The molecule has 0 bridgehead atoms. The molecule has 1 heterocycles. The van der Waals surface area contributed by atoms with E-state index in [9.17, 15) is 4.79 Å². The molecular weight excluding hydrogens is 374 g/mol. The van der Waals surface area contributed by atoms with Crippen molar-refractivity contribution in [2.45, 2.75) is 65.3 Å². The first kappa shape index (κ1) is 22.1. The fraction of sp³-hybridized carbons (Fsp3) is 0.550. The molecule has 2 rings (SSSR count). The highest BCUT2D eigenvalue weighted by Gasteiger charge is 2.15. The lowest BCUT2D eigenvalue weighted by molar-refractivity contribution is -0.119. The number of nitrogens with zero attached hydrogens (tertiary/aromatic N) is 3.